The molecule has 8 nitrogen and oxygen atoms in total. The van der Waals surface area contributed by atoms with E-state index in [9.17, 15) is 14.4 Å². The van der Waals surface area contributed by atoms with Crippen molar-refractivity contribution >= 4 is 46.6 Å². The number of nitrogens with one attached hydrogen (secondary N) is 3. The second-order valence-electron chi connectivity index (χ2n) is 9.71. The minimum Gasteiger partial charge on any atom is -0.436 e. The summed E-state index contributed by atoms with van der Waals surface area (Å²) < 4.78 is 5.88. The minimum absolute atomic E-state index is 0.0861. The van der Waals surface area contributed by atoms with Gasteiger partial charge in [0.15, 0.2) is 5.60 Å². The first-order valence-corrected chi connectivity index (χ1v) is 13.0. The summed E-state index contributed by atoms with van der Waals surface area (Å²) in [7, 11) is 0. The molecule has 5 rings (SSSR count). The van der Waals surface area contributed by atoms with Gasteiger partial charge in [0.25, 0.3) is 0 Å². The molecule has 0 saturated carbocycles. The van der Waals surface area contributed by atoms with Crippen LogP contribution in [0.15, 0.2) is 72.8 Å². The fraction of sp³-hybridized carbons (Fsp3) is 0.276. The second kappa shape index (κ2) is 10.8. The maximum Gasteiger partial charge on any atom is 0.412 e. The van der Waals surface area contributed by atoms with Crippen LogP contribution in [0.5, 0.6) is 0 Å². The number of carbonyl (C=O) groups excluding carboxylic acids is 3. The Labute approximate surface area is 226 Å². The molecule has 3 amide bonds. The van der Waals surface area contributed by atoms with Crippen LogP contribution in [0, 0.1) is 0 Å². The van der Waals surface area contributed by atoms with Crippen LogP contribution in [0.3, 0.4) is 0 Å². The van der Waals surface area contributed by atoms with E-state index in [4.69, 9.17) is 16.3 Å². The predicted octanol–water partition coefficient (Wildman–Crippen LogP) is 5.40. The SMILES string of the molecule is CC(=O)Nc1ccc(N[C@@H](Cc2ccccc2)C(=O)N2CCCC3(C2)OC(=O)Nc2ccc(Cl)cc23)cc1. The molecule has 1 spiro atoms. The Bertz CT molecular complexity index is 1350. The molecule has 2 atom stereocenters. The van der Waals surface area contributed by atoms with Gasteiger partial charge in [0.05, 0.1) is 12.2 Å². The maximum atomic E-state index is 14.0. The molecule has 2 aliphatic heterocycles. The van der Waals surface area contributed by atoms with Gasteiger partial charge in [0.1, 0.15) is 6.04 Å². The molecule has 0 aromatic heterocycles. The summed E-state index contributed by atoms with van der Waals surface area (Å²) in [5.74, 6) is -0.236. The van der Waals surface area contributed by atoms with Crippen LogP contribution in [0.1, 0.15) is 30.9 Å². The Balaban J connectivity index is 1.41. The molecule has 3 aromatic carbocycles. The number of rotatable bonds is 6. The average molecular weight is 533 g/mol. The zero-order valence-corrected chi connectivity index (χ0v) is 21.8. The monoisotopic (exact) mass is 532 g/mol. The number of fused-ring (bicyclic) bond motifs is 2. The molecule has 196 valence electrons. The molecule has 0 aliphatic carbocycles. The lowest BCUT2D eigenvalue weighted by atomic mass is 9.83. The number of hydrogen-bond donors (Lipinski definition) is 3. The number of anilines is 3. The van der Waals surface area contributed by atoms with Gasteiger partial charge in [-0.15, -0.1) is 0 Å². The number of nitrogens with zero attached hydrogens (tertiary/aromatic N) is 1. The van der Waals surface area contributed by atoms with E-state index in [-0.39, 0.29) is 18.4 Å². The zero-order chi connectivity index (χ0) is 26.7. The van der Waals surface area contributed by atoms with Gasteiger partial charge >= 0.3 is 6.09 Å². The summed E-state index contributed by atoms with van der Waals surface area (Å²) in [6.07, 6.45) is 1.21. The number of ether oxygens (including phenoxy) is 1. The first-order valence-electron chi connectivity index (χ1n) is 12.6. The van der Waals surface area contributed by atoms with Crippen molar-refractivity contribution in [1.82, 2.24) is 4.90 Å². The van der Waals surface area contributed by atoms with Gasteiger partial charge in [-0.25, -0.2) is 4.79 Å². The van der Waals surface area contributed by atoms with E-state index >= 15 is 0 Å². The van der Waals surface area contributed by atoms with Crippen LogP contribution >= 0.6 is 11.6 Å². The number of benzene rings is 3. The highest BCUT2D eigenvalue weighted by molar-refractivity contribution is 6.30. The third kappa shape index (κ3) is 5.60. The molecule has 9 heteroatoms. The van der Waals surface area contributed by atoms with Crippen molar-refractivity contribution in [3.8, 4) is 0 Å². The van der Waals surface area contributed by atoms with Crippen LogP contribution < -0.4 is 16.0 Å². The Hall–Kier alpha value is -4.04. The molecule has 3 aromatic rings. The summed E-state index contributed by atoms with van der Waals surface area (Å²) in [5, 5.41) is 9.42. The van der Waals surface area contributed by atoms with E-state index < -0.39 is 17.7 Å². The van der Waals surface area contributed by atoms with E-state index in [1.54, 1.807) is 35.2 Å². The van der Waals surface area contributed by atoms with Crippen molar-refractivity contribution in [2.45, 2.75) is 37.8 Å². The first kappa shape index (κ1) is 25.6. The Morgan fingerprint density at radius 3 is 2.55 bits per heavy atom. The smallest absolute Gasteiger partial charge is 0.412 e. The van der Waals surface area contributed by atoms with Crippen LogP contribution in [0.25, 0.3) is 0 Å². The van der Waals surface area contributed by atoms with Crippen LogP contribution in [0.2, 0.25) is 5.02 Å². The summed E-state index contributed by atoms with van der Waals surface area (Å²) >= 11 is 6.30. The quantitative estimate of drug-likeness (QED) is 0.394. The predicted molar refractivity (Wildman–Crippen MR) is 147 cm³/mol. The largest absolute Gasteiger partial charge is 0.436 e. The molecule has 1 unspecified atom stereocenters. The van der Waals surface area contributed by atoms with Crippen molar-refractivity contribution < 1.29 is 19.1 Å². The molecular formula is C29H29ClN4O4. The van der Waals surface area contributed by atoms with Gasteiger partial charge in [-0.1, -0.05) is 41.9 Å². The first-order chi connectivity index (χ1) is 18.3. The maximum absolute atomic E-state index is 14.0. The highest BCUT2D eigenvalue weighted by Gasteiger charge is 2.47. The fourth-order valence-corrected chi connectivity index (χ4v) is 5.38. The summed E-state index contributed by atoms with van der Waals surface area (Å²) in [6.45, 7) is 2.25. The van der Waals surface area contributed by atoms with Crippen molar-refractivity contribution in [2.24, 2.45) is 0 Å². The van der Waals surface area contributed by atoms with Gasteiger partial charge in [-0.2, -0.15) is 0 Å². The normalized spacial score (nSPS) is 19.1. The van der Waals surface area contributed by atoms with Crippen molar-refractivity contribution in [3.63, 3.8) is 0 Å². The summed E-state index contributed by atoms with van der Waals surface area (Å²) in [5.41, 5.74) is 2.92. The molecule has 2 aliphatic rings. The minimum atomic E-state index is -0.965. The summed E-state index contributed by atoms with van der Waals surface area (Å²) in [6, 6.07) is 21.8. The molecular weight excluding hydrogens is 504 g/mol. The number of piperidine rings is 1. The molecule has 1 saturated heterocycles. The number of hydrogen-bond acceptors (Lipinski definition) is 5. The van der Waals surface area contributed by atoms with E-state index in [0.717, 1.165) is 16.8 Å². The van der Waals surface area contributed by atoms with Gasteiger partial charge in [0, 0.05) is 41.9 Å². The van der Waals surface area contributed by atoms with E-state index in [0.29, 0.717) is 42.2 Å². The van der Waals surface area contributed by atoms with Crippen LogP contribution in [0.4, 0.5) is 21.9 Å². The van der Waals surface area contributed by atoms with Gasteiger partial charge in [0.2, 0.25) is 11.8 Å². The van der Waals surface area contributed by atoms with Crippen molar-refractivity contribution in [3.05, 3.63) is 88.9 Å². The lowest BCUT2D eigenvalue weighted by molar-refractivity contribution is -0.139. The molecule has 0 bridgehead atoms. The Kier molecular flexibility index (Phi) is 7.24. The standard InChI is InChI=1S/C29H29ClN4O4/c1-19(35)31-22-9-11-23(12-10-22)32-26(16-20-6-3-2-4-7-20)27(36)34-15-5-14-29(18-34)24-17-21(30)8-13-25(24)33-28(37)38-29/h2-4,6-13,17,26,32H,5,14-16,18H2,1H3,(H,31,35)(H,33,37)/t26-,29?/m0/s1. The van der Waals surface area contributed by atoms with Gasteiger partial charge in [-0.05, 0) is 60.9 Å². The third-order valence-corrected chi connectivity index (χ3v) is 7.13. The summed E-state index contributed by atoms with van der Waals surface area (Å²) in [4.78, 5) is 39.6. The lowest BCUT2D eigenvalue weighted by Crippen LogP contribution is -2.56. The fourth-order valence-electron chi connectivity index (χ4n) is 5.21. The van der Waals surface area contributed by atoms with Crippen LogP contribution in [-0.4, -0.2) is 41.9 Å². The number of amides is 3. The molecule has 1 fully saturated rings. The second-order valence-corrected chi connectivity index (χ2v) is 10.1. The highest BCUT2D eigenvalue weighted by Crippen LogP contribution is 2.43. The molecule has 0 radical (unpaired) electrons. The number of carbonyl (C=O) groups is 3. The molecule has 38 heavy (non-hydrogen) atoms. The number of halogens is 1. The Morgan fingerprint density at radius 1 is 1.08 bits per heavy atom. The number of likely N-dealkylation sites (tertiary alicyclic amines) is 1. The van der Waals surface area contributed by atoms with Gasteiger partial charge < -0.3 is 20.3 Å². The Morgan fingerprint density at radius 2 is 1.82 bits per heavy atom. The van der Waals surface area contributed by atoms with E-state index in [1.807, 2.05) is 42.5 Å². The third-order valence-electron chi connectivity index (χ3n) is 6.89. The van der Waals surface area contributed by atoms with E-state index in [2.05, 4.69) is 16.0 Å². The van der Waals surface area contributed by atoms with Crippen molar-refractivity contribution in [2.75, 3.05) is 29.0 Å². The highest BCUT2D eigenvalue weighted by atomic mass is 35.5. The lowest BCUT2D eigenvalue weighted by Gasteiger charge is -2.45. The molecule has 3 N–H and O–H groups in total. The van der Waals surface area contributed by atoms with Gasteiger partial charge in [-0.3, -0.25) is 14.9 Å². The topological polar surface area (TPSA) is 99.8 Å². The molecule has 2 heterocycles. The average Bonchev–Trinajstić information content (AvgIpc) is 2.90. The van der Waals surface area contributed by atoms with Crippen LogP contribution in [-0.2, 0) is 26.3 Å². The van der Waals surface area contributed by atoms with Crippen molar-refractivity contribution in [1.29, 1.82) is 0 Å². The zero-order valence-electron chi connectivity index (χ0n) is 21.0. The van der Waals surface area contributed by atoms with E-state index in [1.165, 1.54) is 6.92 Å².